The summed E-state index contributed by atoms with van der Waals surface area (Å²) in [6.45, 7) is 3.66. The second-order valence-electron chi connectivity index (χ2n) is 6.79. The first-order valence-electron chi connectivity index (χ1n) is 9.25. The Morgan fingerprint density at radius 1 is 1.14 bits per heavy atom. The van der Waals surface area contributed by atoms with Gasteiger partial charge in [0.05, 0.1) is 19.1 Å². The van der Waals surface area contributed by atoms with Gasteiger partial charge >= 0.3 is 0 Å². The summed E-state index contributed by atoms with van der Waals surface area (Å²) in [6.07, 6.45) is 4.32. The molecule has 0 aliphatic rings. The molecule has 0 aliphatic heterocycles. The number of carbonyl (C=O) groups is 1. The average molecular weight is 405 g/mol. The Labute approximate surface area is 167 Å². The van der Waals surface area contributed by atoms with Crippen LogP contribution in [0, 0.1) is 6.92 Å². The molecule has 0 radical (unpaired) electrons. The van der Waals surface area contributed by atoms with Crippen molar-refractivity contribution in [2.75, 3.05) is 29.5 Å². The van der Waals surface area contributed by atoms with Gasteiger partial charge in [0.25, 0.3) is 0 Å². The summed E-state index contributed by atoms with van der Waals surface area (Å²) in [5, 5.41) is 2.76. The number of methoxy groups -OCH3 is 1. The first-order valence-corrected chi connectivity index (χ1v) is 11.1. The van der Waals surface area contributed by atoms with Crippen molar-refractivity contribution in [1.29, 1.82) is 0 Å². The number of aryl methyl sites for hydroxylation is 2. The number of hydrogen-bond donors (Lipinski definition) is 1. The van der Waals surface area contributed by atoms with Crippen molar-refractivity contribution < 1.29 is 17.9 Å². The lowest BCUT2D eigenvalue weighted by Crippen LogP contribution is -2.37. The predicted molar refractivity (Wildman–Crippen MR) is 114 cm³/mol. The molecule has 6 nitrogen and oxygen atoms in total. The Kier molecular flexibility index (Phi) is 7.45. The Morgan fingerprint density at radius 3 is 2.39 bits per heavy atom. The van der Waals surface area contributed by atoms with Gasteiger partial charge in [0, 0.05) is 5.69 Å². The van der Waals surface area contributed by atoms with Gasteiger partial charge in [-0.3, -0.25) is 9.10 Å². The van der Waals surface area contributed by atoms with Crippen LogP contribution in [0.4, 0.5) is 11.4 Å². The molecule has 0 heterocycles. The summed E-state index contributed by atoms with van der Waals surface area (Å²) < 4.78 is 31.0. The Hall–Kier alpha value is -2.54. The number of anilines is 2. The second-order valence-corrected chi connectivity index (χ2v) is 8.70. The highest BCUT2D eigenvalue weighted by Crippen LogP contribution is 2.31. The molecule has 152 valence electrons. The first kappa shape index (κ1) is 21.8. The van der Waals surface area contributed by atoms with Crippen LogP contribution in [0.25, 0.3) is 0 Å². The molecule has 0 fully saturated rings. The fraction of sp³-hybridized carbons (Fsp3) is 0.381. The van der Waals surface area contributed by atoms with Gasteiger partial charge in [0.1, 0.15) is 12.3 Å². The third kappa shape index (κ3) is 5.99. The lowest BCUT2D eigenvalue weighted by atomic mass is 10.1. The highest BCUT2D eigenvalue weighted by molar-refractivity contribution is 7.92. The number of amides is 1. The number of carbonyl (C=O) groups excluding carboxylic acids is 1. The molecule has 28 heavy (non-hydrogen) atoms. The van der Waals surface area contributed by atoms with Crippen molar-refractivity contribution in [3.8, 4) is 5.75 Å². The number of hydrogen-bond acceptors (Lipinski definition) is 4. The van der Waals surface area contributed by atoms with Crippen LogP contribution in [0.1, 0.15) is 30.9 Å². The Balaban J connectivity index is 2.17. The van der Waals surface area contributed by atoms with E-state index in [0.29, 0.717) is 17.1 Å². The van der Waals surface area contributed by atoms with E-state index in [1.807, 2.05) is 37.3 Å². The van der Waals surface area contributed by atoms with Crippen LogP contribution in [0.2, 0.25) is 0 Å². The molecule has 0 saturated heterocycles. The standard InChI is InChI=1S/C21H28N2O4S/c1-5-6-7-17-9-11-18(12-10-17)22-21(24)15-23(28(4,25)26)19-14-16(2)8-13-20(19)27-3/h8-14H,5-7,15H2,1-4H3,(H,22,24). The van der Waals surface area contributed by atoms with Crippen molar-refractivity contribution in [3.05, 3.63) is 53.6 Å². The molecule has 0 atom stereocenters. The number of rotatable bonds is 9. The lowest BCUT2D eigenvalue weighted by Gasteiger charge is -2.24. The average Bonchev–Trinajstić information content (AvgIpc) is 2.64. The van der Waals surface area contributed by atoms with Crippen molar-refractivity contribution in [2.45, 2.75) is 33.1 Å². The largest absolute Gasteiger partial charge is 0.495 e. The van der Waals surface area contributed by atoms with Gasteiger partial charge in [-0.05, 0) is 55.2 Å². The molecule has 0 bridgehead atoms. The van der Waals surface area contributed by atoms with Crippen LogP contribution < -0.4 is 14.4 Å². The highest BCUT2D eigenvalue weighted by atomic mass is 32.2. The molecule has 0 aliphatic carbocycles. The van der Waals surface area contributed by atoms with E-state index in [-0.39, 0.29) is 6.54 Å². The minimum Gasteiger partial charge on any atom is -0.495 e. The molecule has 0 unspecified atom stereocenters. The maximum Gasteiger partial charge on any atom is 0.245 e. The molecule has 1 N–H and O–H groups in total. The van der Waals surface area contributed by atoms with Gasteiger partial charge < -0.3 is 10.1 Å². The fourth-order valence-electron chi connectivity index (χ4n) is 2.84. The van der Waals surface area contributed by atoms with Crippen LogP contribution in [0.5, 0.6) is 5.75 Å². The number of sulfonamides is 1. The van der Waals surface area contributed by atoms with Gasteiger partial charge in [0.2, 0.25) is 15.9 Å². The van der Waals surface area contributed by atoms with Crippen LogP contribution in [0.15, 0.2) is 42.5 Å². The van der Waals surface area contributed by atoms with Gasteiger partial charge in [-0.1, -0.05) is 31.5 Å². The number of unbranched alkanes of at least 4 members (excludes halogenated alkanes) is 1. The highest BCUT2D eigenvalue weighted by Gasteiger charge is 2.24. The molecule has 0 aromatic heterocycles. The summed E-state index contributed by atoms with van der Waals surface area (Å²) in [5.41, 5.74) is 3.06. The normalized spacial score (nSPS) is 11.1. The van der Waals surface area contributed by atoms with Crippen LogP contribution in [0.3, 0.4) is 0 Å². The van der Waals surface area contributed by atoms with Gasteiger partial charge in [-0.25, -0.2) is 8.42 Å². The molecular weight excluding hydrogens is 376 g/mol. The summed E-state index contributed by atoms with van der Waals surface area (Å²) in [5.74, 6) is -0.0283. The third-order valence-corrected chi connectivity index (χ3v) is 5.47. The van der Waals surface area contributed by atoms with E-state index >= 15 is 0 Å². The predicted octanol–water partition coefficient (Wildman–Crippen LogP) is 3.75. The Bertz CT molecular complexity index is 909. The van der Waals surface area contributed by atoms with E-state index in [1.54, 1.807) is 12.1 Å². The minimum atomic E-state index is -3.68. The molecule has 2 aromatic rings. The first-order chi connectivity index (χ1) is 13.2. The van der Waals surface area contributed by atoms with E-state index in [2.05, 4.69) is 12.2 Å². The molecule has 2 rings (SSSR count). The topological polar surface area (TPSA) is 75.7 Å². The molecule has 1 amide bonds. The van der Waals surface area contributed by atoms with Crippen molar-refractivity contribution in [1.82, 2.24) is 0 Å². The molecular formula is C21H28N2O4S. The number of nitrogens with zero attached hydrogens (tertiary/aromatic N) is 1. The lowest BCUT2D eigenvalue weighted by molar-refractivity contribution is -0.114. The van der Waals surface area contributed by atoms with Crippen LogP contribution in [-0.2, 0) is 21.2 Å². The van der Waals surface area contributed by atoms with E-state index in [0.717, 1.165) is 35.4 Å². The van der Waals surface area contributed by atoms with Gasteiger partial charge in [-0.15, -0.1) is 0 Å². The van der Waals surface area contributed by atoms with Gasteiger partial charge in [0.15, 0.2) is 0 Å². The zero-order valence-corrected chi connectivity index (χ0v) is 17.7. The summed E-state index contributed by atoms with van der Waals surface area (Å²) in [4.78, 5) is 12.5. The Morgan fingerprint density at radius 2 is 1.82 bits per heavy atom. The SMILES string of the molecule is CCCCc1ccc(NC(=O)CN(c2cc(C)ccc2OC)S(C)(=O)=O)cc1. The van der Waals surface area contributed by atoms with Crippen LogP contribution >= 0.6 is 0 Å². The zero-order valence-electron chi connectivity index (χ0n) is 16.9. The summed E-state index contributed by atoms with van der Waals surface area (Å²) >= 11 is 0. The zero-order chi connectivity index (χ0) is 20.7. The van der Waals surface area contributed by atoms with Crippen LogP contribution in [-0.4, -0.2) is 34.2 Å². The molecule has 2 aromatic carbocycles. The number of ether oxygens (including phenoxy) is 1. The molecule has 7 heteroatoms. The maximum absolute atomic E-state index is 12.5. The smallest absolute Gasteiger partial charge is 0.245 e. The monoisotopic (exact) mass is 404 g/mol. The molecule has 0 saturated carbocycles. The molecule has 0 spiro atoms. The van der Waals surface area contributed by atoms with Crippen molar-refractivity contribution in [3.63, 3.8) is 0 Å². The third-order valence-electron chi connectivity index (χ3n) is 4.35. The minimum absolute atomic E-state index is 0.337. The van der Waals surface area contributed by atoms with E-state index in [1.165, 1.54) is 12.7 Å². The van der Waals surface area contributed by atoms with E-state index in [9.17, 15) is 13.2 Å². The maximum atomic E-state index is 12.5. The summed E-state index contributed by atoms with van der Waals surface area (Å²) in [7, 11) is -2.21. The number of benzene rings is 2. The quantitative estimate of drug-likeness (QED) is 0.691. The number of nitrogens with one attached hydrogen (secondary N) is 1. The summed E-state index contributed by atoms with van der Waals surface area (Å²) in [6, 6.07) is 12.8. The van der Waals surface area contributed by atoms with E-state index < -0.39 is 15.9 Å². The van der Waals surface area contributed by atoms with Gasteiger partial charge in [-0.2, -0.15) is 0 Å². The second kappa shape index (κ2) is 9.59. The van der Waals surface area contributed by atoms with E-state index in [4.69, 9.17) is 4.74 Å². The van der Waals surface area contributed by atoms with Crippen molar-refractivity contribution >= 4 is 27.3 Å². The fourth-order valence-corrected chi connectivity index (χ4v) is 3.69. The van der Waals surface area contributed by atoms with Crippen molar-refractivity contribution in [2.24, 2.45) is 0 Å².